The molecule has 1 aromatic heterocycles. The quantitative estimate of drug-likeness (QED) is 0.627. The van der Waals surface area contributed by atoms with Crippen LogP contribution in [0.15, 0.2) is 30.5 Å². The topological polar surface area (TPSA) is 84.2 Å². The Balaban J connectivity index is 2.03. The molecule has 2 aromatic rings. The Bertz CT molecular complexity index is 814. The first-order valence-corrected chi connectivity index (χ1v) is 8.92. The van der Waals surface area contributed by atoms with Gasteiger partial charge in [-0.1, -0.05) is 30.5 Å². The van der Waals surface area contributed by atoms with Crippen molar-refractivity contribution in [3.63, 3.8) is 0 Å². The largest absolute Gasteiger partial charge is 0.481 e. The molecule has 6 nitrogen and oxygen atoms in total. The molecule has 0 spiro atoms. The summed E-state index contributed by atoms with van der Waals surface area (Å²) in [5, 5.41) is 14.8. The third-order valence-electron chi connectivity index (χ3n) is 4.16. The lowest BCUT2D eigenvalue weighted by Gasteiger charge is -2.13. The molecule has 0 fully saturated rings. The van der Waals surface area contributed by atoms with E-state index in [1.165, 1.54) is 12.1 Å². The van der Waals surface area contributed by atoms with E-state index in [2.05, 4.69) is 10.4 Å². The van der Waals surface area contributed by atoms with E-state index in [9.17, 15) is 22.8 Å². The molecule has 28 heavy (non-hydrogen) atoms. The number of halogens is 3. The van der Waals surface area contributed by atoms with Crippen molar-refractivity contribution in [2.24, 2.45) is 0 Å². The normalized spacial score (nSPS) is 11.4. The van der Waals surface area contributed by atoms with E-state index in [-0.39, 0.29) is 18.7 Å². The van der Waals surface area contributed by atoms with Crippen LogP contribution in [0, 0.1) is 6.92 Å². The summed E-state index contributed by atoms with van der Waals surface area (Å²) in [6, 6.07) is 6.36. The molecular formula is C19H22F3N3O3. The van der Waals surface area contributed by atoms with E-state index in [4.69, 9.17) is 5.11 Å². The number of nitrogens with one attached hydrogen (secondary N) is 1. The van der Waals surface area contributed by atoms with Gasteiger partial charge < -0.3 is 10.4 Å². The minimum absolute atomic E-state index is 0.0828. The van der Waals surface area contributed by atoms with Gasteiger partial charge in [0.25, 0.3) is 5.91 Å². The highest BCUT2D eigenvalue weighted by molar-refractivity contribution is 5.95. The molecular weight excluding hydrogens is 375 g/mol. The molecule has 0 unspecified atom stereocenters. The fourth-order valence-corrected chi connectivity index (χ4v) is 2.72. The zero-order chi connectivity index (χ0) is 20.7. The summed E-state index contributed by atoms with van der Waals surface area (Å²) < 4.78 is 41.4. The second-order valence-electron chi connectivity index (χ2n) is 6.47. The number of hydrogen-bond donors (Lipinski definition) is 2. The van der Waals surface area contributed by atoms with E-state index >= 15 is 0 Å². The monoisotopic (exact) mass is 397 g/mol. The van der Waals surface area contributed by atoms with Crippen LogP contribution in [0.2, 0.25) is 0 Å². The van der Waals surface area contributed by atoms with Gasteiger partial charge in [0, 0.05) is 13.0 Å². The Morgan fingerprint density at radius 3 is 2.36 bits per heavy atom. The van der Waals surface area contributed by atoms with Crippen molar-refractivity contribution in [2.45, 2.75) is 45.2 Å². The number of carboxylic acids is 1. The fourth-order valence-electron chi connectivity index (χ4n) is 2.72. The number of carboxylic acid groups (broad SMARTS) is 1. The number of hydrogen-bond acceptors (Lipinski definition) is 3. The second kappa shape index (κ2) is 9.38. The molecule has 2 N–H and O–H groups in total. The first kappa shape index (κ1) is 21.5. The Morgan fingerprint density at radius 1 is 1.11 bits per heavy atom. The van der Waals surface area contributed by atoms with Gasteiger partial charge in [0.15, 0.2) is 5.69 Å². The molecule has 9 heteroatoms. The number of carbonyl (C=O) groups excluding carboxylic acids is 1. The highest BCUT2D eigenvalue weighted by Crippen LogP contribution is 2.33. The number of carbonyl (C=O) groups is 2. The first-order chi connectivity index (χ1) is 13.2. The van der Waals surface area contributed by atoms with Gasteiger partial charge in [0.1, 0.15) is 0 Å². The Kier molecular flexibility index (Phi) is 7.19. The average molecular weight is 397 g/mol. The SMILES string of the molecule is Cc1ccc(-n2ncc(C(=O)NCCCCCCC(=O)O)c2C(F)(F)F)cc1. The molecule has 1 amide bonds. The number of amides is 1. The van der Waals surface area contributed by atoms with Crippen molar-refractivity contribution >= 4 is 11.9 Å². The summed E-state index contributed by atoms with van der Waals surface area (Å²) in [4.78, 5) is 22.7. The van der Waals surface area contributed by atoms with Crippen molar-refractivity contribution in [1.29, 1.82) is 0 Å². The van der Waals surface area contributed by atoms with E-state index < -0.39 is 29.3 Å². The van der Waals surface area contributed by atoms with Crippen molar-refractivity contribution in [2.75, 3.05) is 6.54 Å². The zero-order valence-electron chi connectivity index (χ0n) is 15.4. The van der Waals surface area contributed by atoms with Gasteiger partial charge in [-0.25, -0.2) is 4.68 Å². The van der Waals surface area contributed by atoms with Crippen LogP contribution in [0.5, 0.6) is 0 Å². The summed E-state index contributed by atoms with van der Waals surface area (Å²) in [5.74, 6) is -1.70. The highest BCUT2D eigenvalue weighted by atomic mass is 19.4. The average Bonchev–Trinajstić information content (AvgIpc) is 3.06. The van der Waals surface area contributed by atoms with Crippen molar-refractivity contribution in [3.8, 4) is 5.69 Å². The lowest BCUT2D eigenvalue weighted by molar-refractivity contribution is -0.143. The third kappa shape index (κ3) is 5.83. The van der Waals surface area contributed by atoms with Gasteiger partial charge in [0.05, 0.1) is 17.4 Å². The molecule has 0 atom stereocenters. The lowest BCUT2D eigenvalue weighted by atomic mass is 10.1. The second-order valence-corrected chi connectivity index (χ2v) is 6.47. The van der Waals surface area contributed by atoms with Crippen molar-refractivity contribution in [3.05, 3.63) is 47.3 Å². The van der Waals surface area contributed by atoms with Crippen LogP contribution < -0.4 is 5.32 Å². The predicted molar refractivity (Wildman–Crippen MR) is 96.4 cm³/mol. The Labute approximate surface area is 160 Å². The molecule has 0 aliphatic heterocycles. The first-order valence-electron chi connectivity index (χ1n) is 8.92. The van der Waals surface area contributed by atoms with E-state index in [1.807, 2.05) is 6.92 Å². The van der Waals surface area contributed by atoms with Crippen LogP contribution in [0.4, 0.5) is 13.2 Å². The summed E-state index contributed by atoms with van der Waals surface area (Å²) in [5.41, 5.74) is -0.532. The van der Waals surface area contributed by atoms with Crippen molar-refractivity contribution < 1.29 is 27.9 Å². The van der Waals surface area contributed by atoms with Gasteiger partial charge in [0.2, 0.25) is 0 Å². The van der Waals surface area contributed by atoms with E-state index in [0.717, 1.165) is 16.4 Å². The smallest absolute Gasteiger partial charge is 0.434 e. The van der Waals surface area contributed by atoms with Gasteiger partial charge in [-0.2, -0.15) is 18.3 Å². The van der Waals surface area contributed by atoms with Crippen LogP contribution >= 0.6 is 0 Å². The van der Waals surface area contributed by atoms with Crippen LogP contribution in [0.3, 0.4) is 0 Å². The Hall–Kier alpha value is -2.84. The number of aryl methyl sites for hydroxylation is 1. The molecule has 152 valence electrons. The summed E-state index contributed by atoms with van der Waals surface area (Å²) in [6.45, 7) is 2.02. The van der Waals surface area contributed by atoms with Gasteiger partial charge in [-0.15, -0.1) is 0 Å². The minimum atomic E-state index is -4.75. The van der Waals surface area contributed by atoms with Crippen molar-refractivity contribution in [1.82, 2.24) is 15.1 Å². The Morgan fingerprint density at radius 2 is 1.75 bits per heavy atom. The predicted octanol–water partition coefficient (Wildman–Crippen LogP) is 3.96. The number of alkyl halides is 3. The van der Waals surface area contributed by atoms with Crippen LogP contribution in [-0.2, 0) is 11.0 Å². The molecule has 1 aromatic carbocycles. The molecule has 0 aliphatic rings. The molecule has 0 bridgehead atoms. The molecule has 0 radical (unpaired) electrons. The number of aliphatic carboxylic acids is 1. The summed E-state index contributed by atoms with van der Waals surface area (Å²) in [7, 11) is 0. The van der Waals surface area contributed by atoms with E-state index in [1.54, 1.807) is 12.1 Å². The third-order valence-corrected chi connectivity index (χ3v) is 4.16. The number of benzene rings is 1. The van der Waals surface area contributed by atoms with Gasteiger partial charge in [-0.3, -0.25) is 9.59 Å². The number of aromatic nitrogens is 2. The number of nitrogens with zero attached hydrogens (tertiary/aromatic N) is 2. The molecule has 0 saturated carbocycles. The number of rotatable bonds is 9. The van der Waals surface area contributed by atoms with Gasteiger partial charge >= 0.3 is 12.1 Å². The van der Waals surface area contributed by atoms with Crippen LogP contribution in [-0.4, -0.2) is 33.3 Å². The maximum Gasteiger partial charge on any atom is 0.434 e. The van der Waals surface area contributed by atoms with Crippen LogP contribution in [0.25, 0.3) is 5.69 Å². The maximum atomic E-state index is 13.6. The molecule has 2 rings (SSSR count). The maximum absolute atomic E-state index is 13.6. The zero-order valence-corrected chi connectivity index (χ0v) is 15.4. The summed E-state index contributed by atoms with van der Waals surface area (Å²) in [6.07, 6.45) is -1.29. The molecule has 0 aliphatic carbocycles. The lowest BCUT2D eigenvalue weighted by Crippen LogP contribution is -2.27. The fraction of sp³-hybridized carbons (Fsp3) is 0.421. The minimum Gasteiger partial charge on any atom is -0.481 e. The molecule has 1 heterocycles. The van der Waals surface area contributed by atoms with Crippen LogP contribution in [0.1, 0.15) is 53.7 Å². The standard InChI is InChI=1S/C19H22F3N3O3/c1-13-7-9-14(10-8-13)25-17(19(20,21)22)15(12-24-25)18(28)23-11-5-3-2-4-6-16(26)27/h7-10,12H,2-6,11H2,1H3,(H,23,28)(H,26,27). The number of unbranched alkanes of at least 4 members (excludes halogenated alkanes) is 3. The van der Waals surface area contributed by atoms with E-state index in [0.29, 0.717) is 25.7 Å². The summed E-state index contributed by atoms with van der Waals surface area (Å²) >= 11 is 0. The molecule has 0 saturated heterocycles. The highest BCUT2D eigenvalue weighted by Gasteiger charge is 2.40. The van der Waals surface area contributed by atoms with Gasteiger partial charge in [-0.05, 0) is 31.9 Å².